The summed E-state index contributed by atoms with van der Waals surface area (Å²) in [5.74, 6) is -1.90. The number of aliphatic hydroxyl groups excluding tert-OH is 1. The second-order valence-corrected chi connectivity index (χ2v) is 2.90. The minimum atomic E-state index is -1.70. The molecule has 6 nitrogen and oxygen atoms in total. The number of hydrogen-bond donors (Lipinski definition) is 1. The molecule has 1 heterocycles. The van der Waals surface area contributed by atoms with Gasteiger partial charge in [-0.25, -0.2) is 9.18 Å². The predicted octanol–water partition coefficient (Wildman–Crippen LogP) is 0.895. The van der Waals surface area contributed by atoms with Gasteiger partial charge in [0.2, 0.25) is 6.29 Å². The minimum Gasteiger partial charge on any atom is -0.428 e. The van der Waals surface area contributed by atoms with Gasteiger partial charge in [-0.15, -0.1) is 0 Å². The molecule has 0 saturated carbocycles. The second-order valence-electron chi connectivity index (χ2n) is 2.90. The molecule has 0 bridgehead atoms. The first-order chi connectivity index (χ1) is 7.00. The van der Waals surface area contributed by atoms with E-state index in [1.165, 1.54) is 0 Å². The first kappa shape index (κ1) is 9.53. The molecule has 1 aliphatic rings. The number of fused-ring (bicyclic) bond motifs is 1. The molecule has 0 aliphatic carbocycles. The summed E-state index contributed by atoms with van der Waals surface area (Å²) in [4.78, 5) is 20.7. The highest BCUT2D eigenvalue weighted by Crippen LogP contribution is 2.36. The molecule has 7 heteroatoms. The second kappa shape index (κ2) is 2.99. The highest BCUT2D eigenvalue weighted by atomic mass is 19.1. The van der Waals surface area contributed by atoms with Crippen molar-refractivity contribution < 1.29 is 24.0 Å². The number of halogens is 1. The standard InChI is InChI=1S/C8H4FNO5/c9-3-1-4-6(5(2-3)10(13)14)8(12)15-7(4)11/h1-2,8,12H. The van der Waals surface area contributed by atoms with E-state index in [2.05, 4.69) is 4.74 Å². The van der Waals surface area contributed by atoms with Crippen LogP contribution in [0.5, 0.6) is 0 Å². The average Bonchev–Trinajstić information content (AvgIpc) is 2.41. The Balaban J connectivity index is 2.73. The summed E-state index contributed by atoms with van der Waals surface area (Å²) >= 11 is 0. The number of hydrogen-bond acceptors (Lipinski definition) is 5. The van der Waals surface area contributed by atoms with Gasteiger partial charge in [0.25, 0.3) is 5.69 Å². The van der Waals surface area contributed by atoms with Crippen LogP contribution in [0.25, 0.3) is 0 Å². The van der Waals surface area contributed by atoms with Gasteiger partial charge >= 0.3 is 5.97 Å². The smallest absolute Gasteiger partial charge is 0.341 e. The quantitative estimate of drug-likeness (QED) is 0.425. The molecule has 1 N–H and O–H groups in total. The van der Waals surface area contributed by atoms with Gasteiger partial charge < -0.3 is 9.84 Å². The summed E-state index contributed by atoms with van der Waals surface area (Å²) in [5, 5.41) is 19.7. The Labute approximate surface area is 82.0 Å². The molecule has 0 aromatic heterocycles. The van der Waals surface area contributed by atoms with Gasteiger partial charge in [0, 0.05) is 0 Å². The van der Waals surface area contributed by atoms with E-state index < -0.39 is 28.7 Å². The van der Waals surface area contributed by atoms with Gasteiger partial charge in [-0.1, -0.05) is 0 Å². The van der Waals surface area contributed by atoms with Crippen molar-refractivity contribution in [3.05, 3.63) is 39.2 Å². The average molecular weight is 213 g/mol. The van der Waals surface area contributed by atoms with Crippen LogP contribution < -0.4 is 0 Å². The van der Waals surface area contributed by atoms with E-state index in [-0.39, 0.29) is 11.1 Å². The van der Waals surface area contributed by atoms with E-state index in [1.54, 1.807) is 0 Å². The summed E-state index contributed by atoms with van der Waals surface area (Å²) in [5.41, 5.74) is -1.27. The Morgan fingerprint density at radius 1 is 1.53 bits per heavy atom. The van der Waals surface area contributed by atoms with Gasteiger partial charge in [0.05, 0.1) is 16.6 Å². The molecule has 1 aliphatic heterocycles. The predicted molar refractivity (Wildman–Crippen MR) is 43.4 cm³/mol. The third-order valence-electron chi connectivity index (χ3n) is 2.01. The Morgan fingerprint density at radius 2 is 2.20 bits per heavy atom. The Morgan fingerprint density at radius 3 is 2.80 bits per heavy atom. The lowest BCUT2D eigenvalue weighted by Gasteiger charge is -2.01. The monoisotopic (exact) mass is 213 g/mol. The Bertz CT molecular complexity index is 472. The number of esters is 1. The first-order valence-electron chi connectivity index (χ1n) is 3.87. The molecule has 1 atom stereocenters. The molecular formula is C8H4FNO5. The number of carbonyl (C=O) groups excluding carboxylic acids is 1. The van der Waals surface area contributed by atoms with E-state index in [4.69, 9.17) is 0 Å². The van der Waals surface area contributed by atoms with Gasteiger partial charge in [0.1, 0.15) is 11.4 Å². The fourth-order valence-corrected chi connectivity index (χ4v) is 1.41. The van der Waals surface area contributed by atoms with Crippen molar-refractivity contribution in [2.75, 3.05) is 0 Å². The number of cyclic esters (lactones) is 1. The highest BCUT2D eigenvalue weighted by molar-refractivity contribution is 5.95. The summed E-state index contributed by atoms with van der Waals surface area (Å²) in [6.07, 6.45) is -1.70. The Kier molecular flexibility index (Phi) is 1.90. The van der Waals surface area contributed by atoms with Crippen LogP contribution in [-0.2, 0) is 4.74 Å². The van der Waals surface area contributed by atoms with Crippen molar-refractivity contribution in [2.24, 2.45) is 0 Å². The number of nitrogens with zero attached hydrogens (tertiary/aromatic N) is 1. The molecule has 0 amide bonds. The summed E-state index contributed by atoms with van der Waals surface area (Å²) < 4.78 is 17.2. The number of rotatable bonds is 1. The van der Waals surface area contributed by atoms with Gasteiger partial charge in [0.15, 0.2) is 0 Å². The maximum absolute atomic E-state index is 12.9. The van der Waals surface area contributed by atoms with Crippen LogP contribution >= 0.6 is 0 Å². The number of ether oxygens (including phenoxy) is 1. The van der Waals surface area contributed by atoms with Crippen LogP contribution in [0.3, 0.4) is 0 Å². The normalized spacial score (nSPS) is 18.5. The lowest BCUT2D eigenvalue weighted by Crippen LogP contribution is -2.00. The number of nitro benzene ring substituents is 1. The molecule has 2 rings (SSSR count). The maximum Gasteiger partial charge on any atom is 0.341 e. The fourth-order valence-electron chi connectivity index (χ4n) is 1.41. The van der Waals surface area contributed by atoms with Crippen molar-refractivity contribution in [2.45, 2.75) is 6.29 Å². The lowest BCUT2D eigenvalue weighted by molar-refractivity contribution is -0.386. The van der Waals surface area contributed by atoms with Crippen molar-refractivity contribution in [3.63, 3.8) is 0 Å². The Hall–Kier alpha value is -2.02. The third-order valence-corrected chi connectivity index (χ3v) is 2.01. The molecule has 1 aromatic carbocycles. The zero-order chi connectivity index (χ0) is 11.2. The third kappa shape index (κ3) is 1.33. The molecular weight excluding hydrogens is 209 g/mol. The van der Waals surface area contributed by atoms with Crippen molar-refractivity contribution in [1.82, 2.24) is 0 Å². The van der Waals surface area contributed by atoms with Gasteiger partial charge in [-0.2, -0.15) is 0 Å². The van der Waals surface area contributed by atoms with E-state index in [1.807, 2.05) is 0 Å². The van der Waals surface area contributed by atoms with E-state index in [0.717, 1.165) is 6.07 Å². The van der Waals surface area contributed by atoms with Crippen LogP contribution in [0.4, 0.5) is 10.1 Å². The van der Waals surface area contributed by atoms with Crippen LogP contribution in [-0.4, -0.2) is 16.0 Å². The van der Waals surface area contributed by atoms with Crippen LogP contribution in [0.1, 0.15) is 22.2 Å². The highest BCUT2D eigenvalue weighted by Gasteiger charge is 2.37. The zero-order valence-electron chi connectivity index (χ0n) is 7.14. The molecule has 0 saturated heterocycles. The molecule has 1 unspecified atom stereocenters. The van der Waals surface area contributed by atoms with Crippen molar-refractivity contribution in [1.29, 1.82) is 0 Å². The number of nitro groups is 1. The fraction of sp³-hybridized carbons (Fsp3) is 0.125. The lowest BCUT2D eigenvalue weighted by atomic mass is 10.1. The topological polar surface area (TPSA) is 89.7 Å². The van der Waals surface area contributed by atoms with Crippen molar-refractivity contribution in [3.8, 4) is 0 Å². The molecule has 15 heavy (non-hydrogen) atoms. The first-order valence-corrected chi connectivity index (χ1v) is 3.87. The molecule has 78 valence electrons. The van der Waals surface area contributed by atoms with Crippen LogP contribution in [0.15, 0.2) is 12.1 Å². The van der Waals surface area contributed by atoms with E-state index in [0.29, 0.717) is 6.07 Å². The molecule has 1 aromatic rings. The van der Waals surface area contributed by atoms with E-state index in [9.17, 15) is 24.4 Å². The van der Waals surface area contributed by atoms with Gasteiger partial charge in [-0.3, -0.25) is 10.1 Å². The van der Waals surface area contributed by atoms with E-state index >= 15 is 0 Å². The number of carbonyl (C=O) groups is 1. The maximum atomic E-state index is 12.9. The van der Waals surface area contributed by atoms with Crippen LogP contribution in [0, 0.1) is 15.9 Å². The summed E-state index contributed by atoms with van der Waals surface area (Å²) in [6, 6.07) is 1.42. The van der Waals surface area contributed by atoms with Crippen LogP contribution in [0.2, 0.25) is 0 Å². The SMILES string of the molecule is O=C1OC(O)c2c1cc(F)cc2[N+](=O)[O-]. The number of aliphatic hydroxyl groups is 1. The summed E-state index contributed by atoms with van der Waals surface area (Å²) in [6.45, 7) is 0. The molecule has 0 fully saturated rings. The largest absolute Gasteiger partial charge is 0.428 e. The summed E-state index contributed by atoms with van der Waals surface area (Å²) in [7, 11) is 0. The molecule has 0 radical (unpaired) electrons. The minimum absolute atomic E-state index is 0.300. The number of benzene rings is 1. The zero-order valence-corrected chi connectivity index (χ0v) is 7.14. The van der Waals surface area contributed by atoms with Gasteiger partial charge in [-0.05, 0) is 6.07 Å². The van der Waals surface area contributed by atoms with Crippen molar-refractivity contribution >= 4 is 11.7 Å². The molecule has 0 spiro atoms.